The van der Waals surface area contributed by atoms with Gasteiger partial charge in [-0.05, 0) is 36.2 Å². The van der Waals surface area contributed by atoms with Gasteiger partial charge in [-0.25, -0.2) is 0 Å². The first kappa shape index (κ1) is 13.1. The summed E-state index contributed by atoms with van der Waals surface area (Å²) in [6.07, 6.45) is 3.30. The summed E-state index contributed by atoms with van der Waals surface area (Å²) in [5.41, 5.74) is 2.54. The fourth-order valence-electron chi connectivity index (χ4n) is 2.45. The minimum absolute atomic E-state index is 0.330. The maximum atomic E-state index is 5.39. The molecule has 20 heavy (non-hydrogen) atoms. The van der Waals surface area contributed by atoms with Crippen LogP contribution in [0.5, 0.6) is 11.5 Å². The maximum Gasteiger partial charge on any atom is 0.231 e. The molecule has 0 saturated carbocycles. The van der Waals surface area contributed by atoms with Crippen molar-refractivity contribution in [2.45, 2.75) is 33.0 Å². The van der Waals surface area contributed by atoms with Gasteiger partial charge in [0.25, 0.3) is 0 Å². The monoisotopic (exact) mass is 272 g/mol. The fourth-order valence-corrected chi connectivity index (χ4v) is 2.45. The number of hydrogen-bond acceptors (Lipinski definition) is 3. The van der Waals surface area contributed by atoms with E-state index < -0.39 is 0 Å². The first-order chi connectivity index (χ1) is 9.86. The summed E-state index contributed by atoms with van der Waals surface area (Å²) in [5, 5.41) is 3.48. The van der Waals surface area contributed by atoms with Crippen LogP contribution < -0.4 is 14.8 Å². The topological polar surface area (TPSA) is 35.4 Å². The Morgan fingerprint density at radius 3 is 2.95 bits per heavy atom. The first-order valence-electron chi connectivity index (χ1n) is 7.10. The molecular formula is C16H20N2O2. The molecule has 4 nitrogen and oxygen atoms in total. The van der Waals surface area contributed by atoms with Crippen molar-refractivity contribution in [2.75, 3.05) is 6.79 Å². The zero-order chi connectivity index (χ0) is 13.8. The lowest BCUT2D eigenvalue weighted by Gasteiger charge is -2.09. The van der Waals surface area contributed by atoms with Gasteiger partial charge in [0.1, 0.15) is 0 Å². The lowest BCUT2D eigenvalue weighted by molar-refractivity contribution is 0.174. The number of rotatable bonds is 6. The average molecular weight is 272 g/mol. The molecule has 0 aliphatic carbocycles. The van der Waals surface area contributed by atoms with E-state index in [2.05, 4.69) is 41.2 Å². The molecule has 4 heteroatoms. The van der Waals surface area contributed by atoms with Crippen LogP contribution in [0.25, 0.3) is 0 Å². The quantitative estimate of drug-likeness (QED) is 0.878. The number of aromatic nitrogens is 1. The highest BCUT2D eigenvalue weighted by molar-refractivity contribution is 5.44. The molecule has 2 heterocycles. The van der Waals surface area contributed by atoms with Crippen molar-refractivity contribution in [3.05, 3.63) is 47.8 Å². The van der Waals surface area contributed by atoms with Crippen molar-refractivity contribution in [2.24, 2.45) is 0 Å². The van der Waals surface area contributed by atoms with Crippen molar-refractivity contribution in [1.29, 1.82) is 0 Å². The van der Waals surface area contributed by atoms with Gasteiger partial charge in [0.15, 0.2) is 11.5 Å². The molecule has 1 aromatic carbocycles. The van der Waals surface area contributed by atoms with Crippen molar-refractivity contribution >= 4 is 0 Å². The van der Waals surface area contributed by atoms with Gasteiger partial charge in [-0.15, -0.1) is 0 Å². The molecule has 1 N–H and O–H groups in total. The second-order valence-corrected chi connectivity index (χ2v) is 4.98. The number of aryl methyl sites for hydroxylation is 1. The molecule has 0 spiro atoms. The third kappa shape index (κ3) is 2.80. The van der Waals surface area contributed by atoms with Crippen molar-refractivity contribution in [3.8, 4) is 11.5 Å². The van der Waals surface area contributed by atoms with Crippen molar-refractivity contribution in [3.63, 3.8) is 0 Å². The Morgan fingerprint density at radius 1 is 1.15 bits per heavy atom. The zero-order valence-electron chi connectivity index (χ0n) is 11.8. The molecule has 106 valence electrons. The Hall–Kier alpha value is -1.94. The van der Waals surface area contributed by atoms with Gasteiger partial charge in [0, 0.05) is 31.5 Å². The van der Waals surface area contributed by atoms with E-state index in [1.807, 2.05) is 12.1 Å². The Labute approximate surface area is 119 Å². The van der Waals surface area contributed by atoms with Gasteiger partial charge >= 0.3 is 0 Å². The molecule has 0 saturated heterocycles. The predicted molar refractivity (Wildman–Crippen MR) is 77.8 cm³/mol. The third-order valence-electron chi connectivity index (χ3n) is 3.46. The lowest BCUT2D eigenvalue weighted by Crippen LogP contribution is -2.15. The van der Waals surface area contributed by atoms with E-state index >= 15 is 0 Å². The van der Waals surface area contributed by atoms with Gasteiger partial charge in [0.2, 0.25) is 6.79 Å². The van der Waals surface area contributed by atoms with Crippen LogP contribution in [-0.2, 0) is 19.6 Å². The van der Waals surface area contributed by atoms with Crippen molar-refractivity contribution < 1.29 is 9.47 Å². The molecule has 1 aromatic heterocycles. The van der Waals surface area contributed by atoms with E-state index in [0.29, 0.717) is 6.79 Å². The van der Waals surface area contributed by atoms with Crippen LogP contribution in [0.2, 0.25) is 0 Å². The molecule has 0 radical (unpaired) electrons. The minimum atomic E-state index is 0.330. The molecule has 1 aliphatic rings. The summed E-state index contributed by atoms with van der Waals surface area (Å²) in [4.78, 5) is 0. The lowest BCUT2D eigenvalue weighted by atomic mass is 10.2. The Kier molecular flexibility index (Phi) is 3.92. The van der Waals surface area contributed by atoms with Crippen molar-refractivity contribution in [1.82, 2.24) is 9.88 Å². The van der Waals surface area contributed by atoms with Gasteiger partial charge in [-0.2, -0.15) is 0 Å². The highest BCUT2D eigenvalue weighted by Gasteiger charge is 2.12. The standard InChI is InChI=1S/C16H20N2O2/c1-2-7-18-8-3-4-14(18)11-17-10-13-5-6-15-16(9-13)20-12-19-15/h3-6,8-9,17H,2,7,10-12H2,1H3. The Balaban J connectivity index is 1.56. The molecule has 0 unspecified atom stereocenters. The number of hydrogen-bond donors (Lipinski definition) is 1. The van der Waals surface area contributed by atoms with E-state index in [9.17, 15) is 0 Å². The second kappa shape index (κ2) is 6.01. The molecule has 1 aliphatic heterocycles. The molecule has 0 atom stereocenters. The highest BCUT2D eigenvalue weighted by Crippen LogP contribution is 2.32. The SMILES string of the molecule is CCCn1cccc1CNCc1ccc2c(c1)OCO2. The van der Waals surface area contributed by atoms with E-state index in [1.165, 1.54) is 11.3 Å². The van der Waals surface area contributed by atoms with Crippen LogP contribution >= 0.6 is 0 Å². The van der Waals surface area contributed by atoms with Crippen LogP contribution in [0, 0.1) is 0 Å². The molecule has 2 aromatic rings. The van der Waals surface area contributed by atoms with E-state index in [4.69, 9.17) is 9.47 Å². The summed E-state index contributed by atoms with van der Waals surface area (Å²) >= 11 is 0. The van der Waals surface area contributed by atoms with Crippen LogP contribution in [0.15, 0.2) is 36.5 Å². The molecule has 0 fully saturated rings. The number of benzene rings is 1. The van der Waals surface area contributed by atoms with Gasteiger partial charge in [-0.3, -0.25) is 0 Å². The number of fused-ring (bicyclic) bond motifs is 1. The van der Waals surface area contributed by atoms with Crippen LogP contribution in [0.3, 0.4) is 0 Å². The Morgan fingerprint density at radius 2 is 2.05 bits per heavy atom. The number of ether oxygens (including phenoxy) is 2. The van der Waals surface area contributed by atoms with Gasteiger partial charge in [-0.1, -0.05) is 13.0 Å². The summed E-state index contributed by atoms with van der Waals surface area (Å²) in [6.45, 7) is 5.31. The smallest absolute Gasteiger partial charge is 0.231 e. The first-order valence-corrected chi connectivity index (χ1v) is 7.10. The zero-order valence-corrected chi connectivity index (χ0v) is 11.8. The van der Waals surface area contributed by atoms with Crippen LogP contribution in [0.4, 0.5) is 0 Å². The Bertz CT molecular complexity index is 578. The highest BCUT2D eigenvalue weighted by atomic mass is 16.7. The van der Waals surface area contributed by atoms with E-state index in [0.717, 1.165) is 37.6 Å². The largest absolute Gasteiger partial charge is 0.454 e. The van der Waals surface area contributed by atoms with Crippen LogP contribution in [-0.4, -0.2) is 11.4 Å². The minimum Gasteiger partial charge on any atom is -0.454 e. The second-order valence-electron chi connectivity index (χ2n) is 4.98. The summed E-state index contributed by atoms with van der Waals surface area (Å²) in [6, 6.07) is 10.4. The molecular weight excluding hydrogens is 252 g/mol. The average Bonchev–Trinajstić information content (AvgIpc) is 3.08. The molecule has 0 amide bonds. The summed E-state index contributed by atoms with van der Waals surface area (Å²) < 4.78 is 13.0. The van der Waals surface area contributed by atoms with E-state index in [1.54, 1.807) is 0 Å². The maximum absolute atomic E-state index is 5.39. The fraction of sp³-hybridized carbons (Fsp3) is 0.375. The normalized spacial score (nSPS) is 12.8. The van der Waals surface area contributed by atoms with Gasteiger partial charge in [0.05, 0.1) is 0 Å². The van der Waals surface area contributed by atoms with Crippen LogP contribution in [0.1, 0.15) is 24.6 Å². The summed E-state index contributed by atoms with van der Waals surface area (Å²) in [5.74, 6) is 1.68. The third-order valence-corrected chi connectivity index (χ3v) is 3.46. The number of nitrogens with one attached hydrogen (secondary N) is 1. The summed E-state index contributed by atoms with van der Waals surface area (Å²) in [7, 11) is 0. The van der Waals surface area contributed by atoms with E-state index in [-0.39, 0.29) is 0 Å². The predicted octanol–water partition coefficient (Wildman–Crippen LogP) is 2.92. The van der Waals surface area contributed by atoms with Gasteiger partial charge < -0.3 is 19.4 Å². The number of nitrogens with zero attached hydrogens (tertiary/aromatic N) is 1. The molecule has 0 bridgehead atoms. The molecule has 3 rings (SSSR count).